The van der Waals surface area contributed by atoms with Crippen LogP contribution in [0.4, 0.5) is 0 Å². The molecule has 4 aromatic rings. The second kappa shape index (κ2) is 7.84. The largest absolute Gasteiger partial charge is 0.462 e. The van der Waals surface area contributed by atoms with Crippen LogP contribution in [-0.2, 0) is 19.5 Å². The predicted molar refractivity (Wildman–Crippen MR) is 118 cm³/mol. The first-order chi connectivity index (χ1) is 14.6. The Kier molecular flexibility index (Phi) is 5.03. The molecular weight excluding hydrogens is 421 g/mol. The average Bonchev–Trinajstić information content (AvgIpc) is 2.76. The summed E-state index contributed by atoms with van der Waals surface area (Å²) in [6.45, 7) is 1.95. The number of aromatic nitrogens is 2. The maximum Gasteiger partial charge on any atom is 0.197 e. The summed E-state index contributed by atoms with van der Waals surface area (Å²) in [5.41, 5.74) is 3.98. The van der Waals surface area contributed by atoms with Crippen LogP contribution in [0.5, 0.6) is 0 Å². The second-order valence-corrected chi connectivity index (χ2v) is 8.19. The lowest BCUT2D eigenvalue weighted by molar-refractivity contribution is 0.240. The van der Waals surface area contributed by atoms with E-state index in [-0.39, 0.29) is 5.43 Å². The highest BCUT2D eigenvalue weighted by Crippen LogP contribution is 2.27. The maximum absolute atomic E-state index is 12.9. The molecule has 0 spiro atoms. The maximum atomic E-state index is 12.9. The van der Waals surface area contributed by atoms with E-state index in [2.05, 4.69) is 9.88 Å². The summed E-state index contributed by atoms with van der Waals surface area (Å²) in [7, 11) is 0. The van der Waals surface area contributed by atoms with Crippen molar-refractivity contribution in [2.75, 3.05) is 6.54 Å². The topological polar surface area (TPSA) is 59.2 Å². The zero-order chi connectivity index (χ0) is 20.7. The fraction of sp³-hybridized carbons (Fsp3) is 0.174. The van der Waals surface area contributed by atoms with E-state index in [9.17, 15) is 4.79 Å². The molecule has 0 aliphatic carbocycles. The third kappa shape index (κ3) is 3.60. The lowest BCUT2D eigenvalue weighted by Gasteiger charge is -2.27. The van der Waals surface area contributed by atoms with Crippen LogP contribution in [0.25, 0.3) is 22.4 Å². The third-order valence-corrected chi connectivity index (χ3v) is 5.80. The number of benzene rings is 2. The molecule has 2 aromatic heterocycles. The van der Waals surface area contributed by atoms with E-state index >= 15 is 0 Å². The van der Waals surface area contributed by atoms with Crippen LogP contribution in [0.1, 0.15) is 16.8 Å². The number of rotatable bonds is 3. The van der Waals surface area contributed by atoms with Crippen molar-refractivity contribution in [3.8, 4) is 11.4 Å². The minimum atomic E-state index is -0.109. The molecule has 150 valence electrons. The zero-order valence-electron chi connectivity index (χ0n) is 15.9. The molecule has 0 saturated carbocycles. The summed E-state index contributed by atoms with van der Waals surface area (Å²) >= 11 is 12.2. The smallest absolute Gasteiger partial charge is 0.197 e. The molecule has 0 bridgehead atoms. The molecule has 0 atom stereocenters. The van der Waals surface area contributed by atoms with Gasteiger partial charge in [-0.1, -0.05) is 53.5 Å². The molecule has 2 aromatic carbocycles. The normalized spacial score (nSPS) is 14.1. The Balaban J connectivity index is 1.39. The van der Waals surface area contributed by atoms with Crippen molar-refractivity contribution in [1.29, 1.82) is 0 Å². The van der Waals surface area contributed by atoms with Gasteiger partial charge in [0.2, 0.25) is 0 Å². The summed E-state index contributed by atoms with van der Waals surface area (Å²) in [5, 5.41) is 1.15. The zero-order valence-corrected chi connectivity index (χ0v) is 17.5. The highest BCUT2D eigenvalue weighted by molar-refractivity contribution is 6.38. The summed E-state index contributed by atoms with van der Waals surface area (Å²) < 4.78 is 5.64. The molecule has 0 fully saturated rings. The second-order valence-electron chi connectivity index (χ2n) is 7.35. The fourth-order valence-corrected chi connectivity index (χ4v) is 4.33. The molecule has 30 heavy (non-hydrogen) atoms. The lowest BCUT2D eigenvalue weighted by Crippen LogP contribution is -2.32. The van der Waals surface area contributed by atoms with E-state index in [1.165, 1.54) is 6.26 Å². The molecule has 0 amide bonds. The number of nitrogens with zero attached hydrogens (tertiary/aromatic N) is 3. The van der Waals surface area contributed by atoms with Crippen LogP contribution in [0.15, 0.2) is 64.1 Å². The molecule has 0 unspecified atom stereocenters. The Bertz CT molecular complexity index is 1310. The molecule has 5 nitrogen and oxygen atoms in total. The van der Waals surface area contributed by atoms with Crippen LogP contribution in [0, 0.1) is 0 Å². The van der Waals surface area contributed by atoms with E-state index in [0.717, 1.165) is 35.6 Å². The van der Waals surface area contributed by atoms with Crippen LogP contribution < -0.4 is 5.43 Å². The van der Waals surface area contributed by atoms with Gasteiger partial charge in [-0.15, -0.1) is 0 Å². The van der Waals surface area contributed by atoms with Gasteiger partial charge < -0.3 is 4.42 Å². The first-order valence-electron chi connectivity index (χ1n) is 9.60. The van der Waals surface area contributed by atoms with Gasteiger partial charge in [0.15, 0.2) is 16.8 Å². The van der Waals surface area contributed by atoms with Crippen LogP contribution in [0.2, 0.25) is 10.0 Å². The molecule has 3 heterocycles. The van der Waals surface area contributed by atoms with E-state index in [0.29, 0.717) is 39.7 Å². The summed E-state index contributed by atoms with van der Waals surface area (Å²) in [6, 6.07) is 13.1. The SMILES string of the molecule is O=c1c(CN2CCc3nc(-c4ccccc4)ncc3C2)coc2c(Cl)cc(Cl)cc12. The first kappa shape index (κ1) is 19.2. The predicted octanol–water partition coefficient (Wildman–Crippen LogP) is 5.12. The lowest BCUT2D eigenvalue weighted by atomic mass is 10.1. The van der Waals surface area contributed by atoms with Gasteiger partial charge in [0, 0.05) is 54.0 Å². The molecular formula is C23H17Cl2N3O2. The van der Waals surface area contributed by atoms with Gasteiger partial charge in [0.05, 0.1) is 22.4 Å². The fourth-order valence-electron chi connectivity index (χ4n) is 3.79. The number of hydrogen-bond acceptors (Lipinski definition) is 5. The van der Waals surface area contributed by atoms with Crippen molar-refractivity contribution in [3.05, 3.63) is 92.0 Å². The summed E-state index contributed by atoms with van der Waals surface area (Å²) in [4.78, 5) is 24.4. The molecule has 7 heteroatoms. The Morgan fingerprint density at radius 2 is 1.97 bits per heavy atom. The van der Waals surface area contributed by atoms with Crippen molar-refractivity contribution in [2.24, 2.45) is 0 Å². The van der Waals surface area contributed by atoms with Gasteiger partial charge in [-0.3, -0.25) is 9.69 Å². The quantitative estimate of drug-likeness (QED) is 0.445. The van der Waals surface area contributed by atoms with E-state index < -0.39 is 0 Å². The van der Waals surface area contributed by atoms with Crippen LogP contribution in [-0.4, -0.2) is 21.4 Å². The minimum absolute atomic E-state index is 0.109. The molecule has 0 saturated heterocycles. The van der Waals surface area contributed by atoms with Gasteiger partial charge in [0.1, 0.15) is 0 Å². The van der Waals surface area contributed by atoms with Gasteiger partial charge in [0.25, 0.3) is 0 Å². The van der Waals surface area contributed by atoms with Crippen molar-refractivity contribution in [2.45, 2.75) is 19.5 Å². The van der Waals surface area contributed by atoms with Gasteiger partial charge in [-0.05, 0) is 12.1 Å². The van der Waals surface area contributed by atoms with Crippen LogP contribution >= 0.6 is 23.2 Å². The van der Waals surface area contributed by atoms with Gasteiger partial charge in [-0.25, -0.2) is 9.97 Å². The van der Waals surface area contributed by atoms with Gasteiger partial charge in [-0.2, -0.15) is 0 Å². The minimum Gasteiger partial charge on any atom is -0.462 e. The van der Waals surface area contributed by atoms with Crippen molar-refractivity contribution < 1.29 is 4.42 Å². The highest BCUT2D eigenvalue weighted by atomic mass is 35.5. The third-order valence-electron chi connectivity index (χ3n) is 5.30. The Morgan fingerprint density at radius 3 is 2.80 bits per heavy atom. The molecule has 5 rings (SSSR count). The molecule has 0 radical (unpaired) electrons. The summed E-state index contributed by atoms with van der Waals surface area (Å²) in [6.07, 6.45) is 4.18. The molecule has 0 N–H and O–H groups in total. The van der Waals surface area contributed by atoms with Crippen molar-refractivity contribution >= 4 is 34.2 Å². The molecule has 1 aliphatic heterocycles. The van der Waals surface area contributed by atoms with E-state index in [1.807, 2.05) is 36.5 Å². The first-order valence-corrected chi connectivity index (χ1v) is 10.4. The number of hydrogen-bond donors (Lipinski definition) is 0. The Labute approximate surface area is 182 Å². The standard InChI is InChI=1S/C23H17Cl2N3O2/c24-17-8-18-21(29)16(13-30-22(18)19(25)9-17)12-28-7-6-20-15(11-28)10-26-23(27-20)14-4-2-1-3-5-14/h1-5,8-10,13H,6-7,11-12H2. The monoisotopic (exact) mass is 437 g/mol. The number of halogens is 2. The molecule has 1 aliphatic rings. The van der Waals surface area contributed by atoms with Gasteiger partial charge >= 0.3 is 0 Å². The van der Waals surface area contributed by atoms with Crippen molar-refractivity contribution in [3.63, 3.8) is 0 Å². The summed E-state index contributed by atoms with van der Waals surface area (Å²) in [5.74, 6) is 0.742. The van der Waals surface area contributed by atoms with E-state index in [4.69, 9.17) is 32.6 Å². The number of fused-ring (bicyclic) bond motifs is 2. The Morgan fingerprint density at radius 1 is 1.13 bits per heavy atom. The van der Waals surface area contributed by atoms with Crippen molar-refractivity contribution in [1.82, 2.24) is 14.9 Å². The van der Waals surface area contributed by atoms with E-state index in [1.54, 1.807) is 12.1 Å². The Hall–Kier alpha value is -2.73. The average molecular weight is 438 g/mol. The van der Waals surface area contributed by atoms with Crippen LogP contribution in [0.3, 0.4) is 0 Å². The highest BCUT2D eigenvalue weighted by Gasteiger charge is 2.21.